The largest absolute Gasteiger partial charge is 0.454 e. The molecule has 1 atom stereocenters. The first kappa shape index (κ1) is 25.8. The molecule has 2 N–H and O–H groups in total. The number of benzene rings is 3. The molecular formula is C27H27ClN2O5. The molecule has 0 saturated heterocycles. The van der Waals surface area contributed by atoms with Gasteiger partial charge in [0.15, 0.2) is 6.61 Å². The molecule has 2 amide bonds. The molecule has 0 saturated carbocycles. The average Bonchev–Trinajstić information content (AvgIpc) is 2.84. The molecule has 0 radical (unpaired) electrons. The minimum atomic E-state index is -1.04. The van der Waals surface area contributed by atoms with Gasteiger partial charge >= 0.3 is 12.1 Å². The second kappa shape index (κ2) is 12.6. The highest BCUT2D eigenvalue weighted by atomic mass is 35.5. The summed E-state index contributed by atoms with van der Waals surface area (Å²) in [5, 5.41) is 5.61. The van der Waals surface area contributed by atoms with E-state index in [4.69, 9.17) is 21.1 Å². The van der Waals surface area contributed by atoms with Gasteiger partial charge in [-0.1, -0.05) is 78.3 Å². The number of aryl methyl sites for hydroxylation is 2. The third kappa shape index (κ3) is 8.15. The summed E-state index contributed by atoms with van der Waals surface area (Å²) < 4.78 is 10.4. The predicted molar refractivity (Wildman–Crippen MR) is 134 cm³/mol. The molecule has 35 heavy (non-hydrogen) atoms. The van der Waals surface area contributed by atoms with Crippen LogP contribution in [0, 0.1) is 13.8 Å². The van der Waals surface area contributed by atoms with Crippen molar-refractivity contribution in [3.05, 3.63) is 100 Å². The molecule has 0 aliphatic carbocycles. The zero-order chi connectivity index (χ0) is 25.2. The first-order chi connectivity index (χ1) is 16.8. The van der Waals surface area contributed by atoms with E-state index in [0.717, 1.165) is 22.3 Å². The number of carbonyl (C=O) groups excluding carboxylic acids is 3. The number of nitrogens with one attached hydrogen (secondary N) is 2. The van der Waals surface area contributed by atoms with Crippen LogP contribution in [0.5, 0.6) is 0 Å². The van der Waals surface area contributed by atoms with Gasteiger partial charge in [0.25, 0.3) is 5.91 Å². The molecule has 0 spiro atoms. The number of carbonyl (C=O) groups is 3. The van der Waals surface area contributed by atoms with Crippen LogP contribution in [0.25, 0.3) is 0 Å². The van der Waals surface area contributed by atoms with Crippen molar-refractivity contribution in [1.82, 2.24) is 5.32 Å². The van der Waals surface area contributed by atoms with Gasteiger partial charge in [0.2, 0.25) is 0 Å². The van der Waals surface area contributed by atoms with Crippen molar-refractivity contribution in [3.63, 3.8) is 0 Å². The Morgan fingerprint density at radius 2 is 1.51 bits per heavy atom. The third-order valence-electron chi connectivity index (χ3n) is 5.11. The molecule has 0 aliphatic heterocycles. The first-order valence-corrected chi connectivity index (χ1v) is 11.4. The molecule has 3 rings (SSSR count). The smallest absolute Gasteiger partial charge is 0.408 e. The van der Waals surface area contributed by atoms with E-state index in [1.807, 2.05) is 80.6 Å². The second-order valence-electron chi connectivity index (χ2n) is 8.04. The van der Waals surface area contributed by atoms with E-state index in [1.165, 1.54) is 0 Å². The number of ether oxygens (including phenoxy) is 2. The summed E-state index contributed by atoms with van der Waals surface area (Å²) >= 11 is 6.23. The molecule has 0 aliphatic rings. The number of amides is 2. The van der Waals surface area contributed by atoms with Gasteiger partial charge in [0, 0.05) is 6.42 Å². The van der Waals surface area contributed by atoms with Crippen LogP contribution in [-0.4, -0.2) is 30.6 Å². The molecule has 0 bridgehead atoms. The fourth-order valence-corrected chi connectivity index (χ4v) is 3.81. The molecular weight excluding hydrogens is 468 g/mol. The quantitative estimate of drug-likeness (QED) is 0.409. The van der Waals surface area contributed by atoms with Crippen LogP contribution in [0.15, 0.2) is 72.8 Å². The lowest BCUT2D eigenvalue weighted by Gasteiger charge is -2.18. The van der Waals surface area contributed by atoms with Crippen LogP contribution in [0.2, 0.25) is 5.02 Å². The Morgan fingerprint density at radius 1 is 0.886 bits per heavy atom. The Morgan fingerprint density at radius 3 is 2.14 bits per heavy atom. The van der Waals surface area contributed by atoms with Gasteiger partial charge < -0.3 is 20.1 Å². The van der Waals surface area contributed by atoms with E-state index in [9.17, 15) is 14.4 Å². The normalized spacial score (nSPS) is 11.3. The Labute approximate surface area is 209 Å². The number of halogens is 1. The van der Waals surface area contributed by atoms with Crippen LogP contribution < -0.4 is 10.6 Å². The zero-order valence-corrected chi connectivity index (χ0v) is 20.3. The molecule has 8 heteroatoms. The van der Waals surface area contributed by atoms with E-state index >= 15 is 0 Å². The van der Waals surface area contributed by atoms with Crippen molar-refractivity contribution in [2.75, 3.05) is 11.9 Å². The maximum atomic E-state index is 12.8. The number of hydrogen-bond donors (Lipinski definition) is 2. The van der Waals surface area contributed by atoms with Gasteiger partial charge in [-0.05, 0) is 42.2 Å². The molecule has 3 aromatic carbocycles. The van der Waals surface area contributed by atoms with Crippen LogP contribution in [0.3, 0.4) is 0 Å². The fraction of sp³-hybridized carbons (Fsp3) is 0.222. The van der Waals surface area contributed by atoms with E-state index in [2.05, 4.69) is 10.6 Å². The van der Waals surface area contributed by atoms with Crippen molar-refractivity contribution in [1.29, 1.82) is 0 Å². The van der Waals surface area contributed by atoms with Gasteiger partial charge in [-0.15, -0.1) is 0 Å². The minimum Gasteiger partial charge on any atom is -0.454 e. The van der Waals surface area contributed by atoms with Crippen molar-refractivity contribution < 1.29 is 23.9 Å². The van der Waals surface area contributed by atoms with Crippen LogP contribution in [0.4, 0.5) is 10.5 Å². The second-order valence-corrected chi connectivity index (χ2v) is 8.45. The molecule has 182 valence electrons. The van der Waals surface area contributed by atoms with Crippen molar-refractivity contribution in [2.45, 2.75) is 32.9 Å². The highest BCUT2D eigenvalue weighted by Crippen LogP contribution is 2.27. The SMILES string of the molecule is Cc1cc(C)c(NC(=O)COC(=O)[C@H](Cc2ccccc2)NC(=O)OCc2ccccc2)c(Cl)c1. The Kier molecular flexibility index (Phi) is 9.26. The lowest BCUT2D eigenvalue weighted by atomic mass is 10.1. The molecule has 3 aromatic rings. The summed E-state index contributed by atoms with van der Waals surface area (Å²) in [6, 6.07) is 20.9. The molecule has 0 fully saturated rings. The van der Waals surface area contributed by atoms with E-state index < -0.39 is 30.6 Å². The lowest BCUT2D eigenvalue weighted by Crippen LogP contribution is -2.44. The Hall–Kier alpha value is -3.84. The van der Waals surface area contributed by atoms with E-state index in [0.29, 0.717) is 10.7 Å². The first-order valence-electron chi connectivity index (χ1n) is 11.1. The van der Waals surface area contributed by atoms with Gasteiger partial charge in [-0.2, -0.15) is 0 Å². The Balaban J connectivity index is 1.60. The summed E-state index contributed by atoms with van der Waals surface area (Å²) in [5.74, 6) is -1.30. The van der Waals surface area contributed by atoms with Gasteiger partial charge in [-0.25, -0.2) is 9.59 Å². The zero-order valence-electron chi connectivity index (χ0n) is 19.5. The minimum absolute atomic E-state index is 0.0544. The maximum Gasteiger partial charge on any atom is 0.408 e. The summed E-state index contributed by atoms with van der Waals surface area (Å²) in [5.41, 5.74) is 3.84. The van der Waals surface area contributed by atoms with Crippen molar-refractivity contribution >= 4 is 35.3 Å². The van der Waals surface area contributed by atoms with Gasteiger partial charge in [-0.3, -0.25) is 4.79 Å². The van der Waals surface area contributed by atoms with Crippen molar-refractivity contribution in [3.8, 4) is 0 Å². The molecule has 0 aromatic heterocycles. The average molecular weight is 495 g/mol. The monoisotopic (exact) mass is 494 g/mol. The number of rotatable bonds is 9. The highest BCUT2D eigenvalue weighted by molar-refractivity contribution is 6.34. The van der Waals surface area contributed by atoms with Gasteiger partial charge in [0.1, 0.15) is 12.6 Å². The topological polar surface area (TPSA) is 93.7 Å². The summed E-state index contributed by atoms with van der Waals surface area (Å²) in [4.78, 5) is 37.6. The number of anilines is 1. The highest BCUT2D eigenvalue weighted by Gasteiger charge is 2.24. The molecule has 7 nitrogen and oxygen atoms in total. The molecule has 0 heterocycles. The number of alkyl carbamates (subject to hydrolysis) is 1. The number of esters is 1. The van der Waals surface area contributed by atoms with Gasteiger partial charge in [0.05, 0.1) is 10.7 Å². The van der Waals surface area contributed by atoms with Crippen LogP contribution in [0.1, 0.15) is 22.3 Å². The Bertz CT molecular complexity index is 1150. The standard InChI is InChI=1S/C27H27ClN2O5/c1-18-13-19(2)25(22(28)14-18)30-24(31)17-34-26(32)23(15-20-9-5-3-6-10-20)29-27(33)35-16-21-11-7-4-8-12-21/h3-14,23H,15-17H2,1-2H3,(H,29,33)(H,30,31)/t23-/m0/s1. The fourth-order valence-electron chi connectivity index (χ4n) is 3.44. The van der Waals surface area contributed by atoms with Crippen LogP contribution in [-0.2, 0) is 32.1 Å². The lowest BCUT2D eigenvalue weighted by molar-refractivity contribution is -0.149. The molecule has 0 unspecified atom stereocenters. The van der Waals surface area contributed by atoms with E-state index in [1.54, 1.807) is 6.07 Å². The predicted octanol–water partition coefficient (Wildman–Crippen LogP) is 4.98. The summed E-state index contributed by atoms with van der Waals surface area (Å²) in [7, 11) is 0. The number of hydrogen-bond acceptors (Lipinski definition) is 5. The summed E-state index contributed by atoms with van der Waals surface area (Å²) in [6.45, 7) is 3.24. The van der Waals surface area contributed by atoms with Crippen LogP contribution >= 0.6 is 11.6 Å². The summed E-state index contributed by atoms with van der Waals surface area (Å²) in [6.07, 6.45) is -0.594. The van der Waals surface area contributed by atoms with Crippen molar-refractivity contribution in [2.24, 2.45) is 0 Å². The maximum absolute atomic E-state index is 12.8. The third-order valence-corrected chi connectivity index (χ3v) is 5.41. The van der Waals surface area contributed by atoms with E-state index in [-0.39, 0.29) is 13.0 Å².